The molecule has 0 bridgehead atoms. The number of hydrogen-bond donors (Lipinski definition) is 2. The molecule has 1 unspecified atom stereocenters. The van der Waals surface area contributed by atoms with Crippen LogP contribution in [-0.2, 0) is 16.8 Å². The predicted octanol–water partition coefficient (Wildman–Crippen LogP) is 1.40. The SMILES string of the molecule is NC1(C(=O)O)CCCc2cc(F)ccc21. The number of aliphatic carboxylic acids is 1. The van der Waals surface area contributed by atoms with Crippen molar-refractivity contribution in [2.75, 3.05) is 0 Å². The van der Waals surface area contributed by atoms with Gasteiger partial charge in [0.05, 0.1) is 0 Å². The second kappa shape index (κ2) is 3.31. The van der Waals surface area contributed by atoms with E-state index in [9.17, 15) is 9.18 Å². The molecular weight excluding hydrogens is 197 g/mol. The minimum atomic E-state index is -1.35. The number of nitrogens with two attached hydrogens (primary N) is 1. The van der Waals surface area contributed by atoms with E-state index >= 15 is 0 Å². The van der Waals surface area contributed by atoms with E-state index in [0.717, 1.165) is 0 Å². The maximum Gasteiger partial charge on any atom is 0.328 e. The summed E-state index contributed by atoms with van der Waals surface area (Å²) in [6.07, 6.45) is 1.78. The van der Waals surface area contributed by atoms with Crippen LogP contribution >= 0.6 is 0 Å². The van der Waals surface area contributed by atoms with Gasteiger partial charge in [0.25, 0.3) is 0 Å². The lowest BCUT2D eigenvalue weighted by Gasteiger charge is -2.31. The first-order chi connectivity index (χ1) is 7.04. The molecule has 3 nitrogen and oxygen atoms in total. The third-order valence-electron chi connectivity index (χ3n) is 2.95. The molecule has 80 valence electrons. The third-order valence-corrected chi connectivity index (χ3v) is 2.95. The van der Waals surface area contributed by atoms with E-state index in [0.29, 0.717) is 30.4 Å². The highest BCUT2D eigenvalue weighted by atomic mass is 19.1. The van der Waals surface area contributed by atoms with Gasteiger partial charge in [0.15, 0.2) is 0 Å². The van der Waals surface area contributed by atoms with Crippen molar-refractivity contribution in [2.24, 2.45) is 5.73 Å². The summed E-state index contributed by atoms with van der Waals surface area (Å²) < 4.78 is 13.0. The molecule has 0 aromatic heterocycles. The molecular formula is C11H12FNO2. The van der Waals surface area contributed by atoms with Crippen LogP contribution in [-0.4, -0.2) is 11.1 Å². The minimum Gasteiger partial charge on any atom is -0.480 e. The molecule has 0 fully saturated rings. The molecule has 0 spiro atoms. The van der Waals surface area contributed by atoms with Gasteiger partial charge in [0.1, 0.15) is 11.4 Å². The van der Waals surface area contributed by atoms with Crippen LogP contribution < -0.4 is 5.73 Å². The zero-order valence-corrected chi connectivity index (χ0v) is 8.16. The lowest BCUT2D eigenvalue weighted by molar-refractivity contribution is -0.144. The Labute approximate surface area is 86.7 Å². The Balaban J connectivity index is 2.56. The number of aryl methyl sites for hydroxylation is 1. The Bertz CT molecular complexity index is 419. The molecule has 0 saturated heterocycles. The normalized spacial score (nSPS) is 24.7. The number of benzene rings is 1. The smallest absolute Gasteiger partial charge is 0.328 e. The summed E-state index contributed by atoms with van der Waals surface area (Å²) in [6, 6.07) is 4.12. The van der Waals surface area contributed by atoms with Gasteiger partial charge in [-0.15, -0.1) is 0 Å². The van der Waals surface area contributed by atoms with Gasteiger partial charge in [0.2, 0.25) is 0 Å². The van der Waals surface area contributed by atoms with E-state index < -0.39 is 11.5 Å². The average Bonchev–Trinajstić information content (AvgIpc) is 2.17. The van der Waals surface area contributed by atoms with Crippen LogP contribution in [0.5, 0.6) is 0 Å². The average molecular weight is 209 g/mol. The summed E-state index contributed by atoms with van der Waals surface area (Å²) >= 11 is 0. The van der Waals surface area contributed by atoms with E-state index in [1.165, 1.54) is 18.2 Å². The Hall–Kier alpha value is -1.42. The second-order valence-electron chi connectivity index (χ2n) is 3.93. The monoisotopic (exact) mass is 209 g/mol. The van der Waals surface area contributed by atoms with Gasteiger partial charge >= 0.3 is 5.97 Å². The first kappa shape index (κ1) is 10.1. The summed E-state index contributed by atoms with van der Waals surface area (Å²) in [5.74, 6) is -1.39. The van der Waals surface area contributed by atoms with Crippen molar-refractivity contribution in [1.82, 2.24) is 0 Å². The van der Waals surface area contributed by atoms with Crippen LogP contribution in [0.2, 0.25) is 0 Å². The lowest BCUT2D eigenvalue weighted by atomic mass is 9.77. The molecule has 0 saturated carbocycles. The quantitative estimate of drug-likeness (QED) is 0.734. The number of carboxylic acid groups (broad SMARTS) is 1. The standard InChI is InChI=1S/C11H12FNO2/c12-8-3-4-9-7(6-8)2-1-5-11(9,13)10(14)15/h3-4,6H,1-2,5,13H2,(H,14,15). The molecule has 0 heterocycles. The summed E-state index contributed by atoms with van der Waals surface area (Å²) in [4.78, 5) is 11.1. The number of fused-ring (bicyclic) bond motifs is 1. The Kier molecular flexibility index (Phi) is 2.23. The molecule has 15 heavy (non-hydrogen) atoms. The zero-order chi connectivity index (χ0) is 11.1. The van der Waals surface area contributed by atoms with Crippen molar-refractivity contribution in [1.29, 1.82) is 0 Å². The highest BCUT2D eigenvalue weighted by Gasteiger charge is 2.39. The molecule has 0 amide bonds. The molecule has 4 heteroatoms. The molecule has 1 aliphatic carbocycles. The van der Waals surface area contributed by atoms with Crippen molar-refractivity contribution in [3.05, 3.63) is 35.1 Å². The number of hydrogen-bond acceptors (Lipinski definition) is 2. The largest absolute Gasteiger partial charge is 0.480 e. The van der Waals surface area contributed by atoms with Crippen LogP contribution in [0.25, 0.3) is 0 Å². The van der Waals surface area contributed by atoms with Crippen molar-refractivity contribution < 1.29 is 14.3 Å². The fourth-order valence-corrected chi connectivity index (χ4v) is 2.12. The molecule has 0 aliphatic heterocycles. The maximum absolute atomic E-state index is 13.0. The summed E-state index contributed by atoms with van der Waals surface area (Å²) in [6.45, 7) is 0. The Morgan fingerprint density at radius 3 is 2.93 bits per heavy atom. The Morgan fingerprint density at radius 2 is 2.27 bits per heavy atom. The van der Waals surface area contributed by atoms with Gasteiger partial charge in [-0.25, -0.2) is 9.18 Å². The topological polar surface area (TPSA) is 63.3 Å². The highest BCUT2D eigenvalue weighted by molar-refractivity contribution is 5.81. The van der Waals surface area contributed by atoms with Crippen molar-refractivity contribution in [3.8, 4) is 0 Å². The van der Waals surface area contributed by atoms with Crippen LogP contribution in [0.1, 0.15) is 24.0 Å². The molecule has 1 aliphatic rings. The first-order valence-corrected chi connectivity index (χ1v) is 4.85. The minimum absolute atomic E-state index is 0.344. The van der Waals surface area contributed by atoms with E-state index in [2.05, 4.69) is 0 Å². The number of rotatable bonds is 1. The van der Waals surface area contributed by atoms with Crippen LogP contribution in [0, 0.1) is 5.82 Å². The molecule has 1 aromatic carbocycles. The number of carboxylic acids is 1. The van der Waals surface area contributed by atoms with Crippen molar-refractivity contribution in [3.63, 3.8) is 0 Å². The number of halogens is 1. The van der Waals surface area contributed by atoms with Crippen molar-refractivity contribution >= 4 is 5.97 Å². The second-order valence-corrected chi connectivity index (χ2v) is 3.93. The van der Waals surface area contributed by atoms with Crippen LogP contribution in [0.3, 0.4) is 0 Å². The molecule has 2 rings (SSSR count). The first-order valence-electron chi connectivity index (χ1n) is 4.85. The van der Waals surface area contributed by atoms with Gasteiger partial charge in [0, 0.05) is 0 Å². The van der Waals surface area contributed by atoms with Crippen molar-refractivity contribution in [2.45, 2.75) is 24.8 Å². The number of carbonyl (C=O) groups is 1. The molecule has 1 atom stereocenters. The third kappa shape index (κ3) is 1.51. The lowest BCUT2D eigenvalue weighted by Crippen LogP contribution is -2.47. The summed E-state index contributed by atoms with van der Waals surface area (Å²) in [5, 5.41) is 9.09. The van der Waals surface area contributed by atoms with E-state index in [-0.39, 0.29) is 5.82 Å². The summed E-state index contributed by atoms with van der Waals surface area (Å²) in [5.41, 5.74) is 5.75. The predicted molar refractivity (Wildman–Crippen MR) is 52.8 cm³/mol. The van der Waals surface area contributed by atoms with E-state index in [4.69, 9.17) is 10.8 Å². The molecule has 1 aromatic rings. The van der Waals surface area contributed by atoms with Gasteiger partial charge in [-0.05, 0) is 42.5 Å². The summed E-state index contributed by atoms with van der Waals surface area (Å²) in [7, 11) is 0. The van der Waals surface area contributed by atoms with Gasteiger partial charge < -0.3 is 10.8 Å². The van der Waals surface area contributed by atoms with Crippen LogP contribution in [0.15, 0.2) is 18.2 Å². The van der Waals surface area contributed by atoms with E-state index in [1.54, 1.807) is 0 Å². The zero-order valence-electron chi connectivity index (χ0n) is 8.16. The Morgan fingerprint density at radius 1 is 1.53 bits per heavy atom. The van der Waals surface area contributed by atoms with Gasteiger partial charge in [-0.1, -0.05) is 6.07 Å². The van der Waals surface area contributed by atoms with Crippen LogP contribution in [0.4, 0.5) is 4.39 Å². The van der Waals surface area contributed by atoms with Gasteiger partial charge in [-0.3, -0.25) is 0 Å². The molecule has 0 radical (unpaired) electrons. The highest BCUT2D eigenvalue weighted by Crippen LogP contribution is 2.33. The fraction of sp³-hybridized carbons (Fsp3) is 0.364. The van der Waals surface area contributed by atoms with Gasteiger partial charge in [-0.2, -0.15) is 0 Å². The van der Waals surface area contributed by atoms with E-state index in [1.807, 2.05) is 0 Å². The maximum atomic E-state index is 13.0. The fourth-order valence-electron chi connectivity index (χ4n) is 2.12. The molecule has 3 N–H and O–H groups in total.